The van der Waals surface area contributed by atoms with Crippen LogP contribution in [0.4, 0.5) is 0 Å². The van der Waals surface area contributed by atoms with Gasteiger partial charge in [0.05, 0.1) is 12.2 Å². The first kappa shape index (κ1) is 12.5. The molecule has 2 aromatic heterocycles. The summed E-state index contributed by atoms with van der Waals surface area (Å²) >= 11 is 3.27. The van der Waals surface area contributed by atoms with Gasteiger partial charge in [-0.25, -0.2) is 9.78 Å². The highest BCUT2D eigenvalue weighted by Crippen LogP contribution is 2.07. The van der Waals surface area contributed by atoms with Crippen LogP contribution in [0.1, 0.15) is 16.2 Å². The van der Waals surface area contributed by atoms with Gasteiger partial charge in [0.15, 0.2) is 0 Å². The van der Waals surface area contributed by atoms with Crippen molar-refractivity contribution < 1.29 is 9.90 Å². The molecule has 92 valence electrons. The summed E-state index contributed by atoms with van der Waals surface area (Å²) in [7, 11) is 0. The molecule has 0 aliphatic carbocycles. The van der Waals surface area contributed by atoms with E-state index in [1.165, 1.54) is 16.7 Å². The van der Waals surface area contributed by atoms with E-state index in [1.807, 2.05) is 0 Å². The summed E-state index contributed by atoms with van der Waals surface area (Å²) in [6.07, 6.45) is 1.64. The number of aromatic carboxylic acids is 1. The van der Waals surface area contributed by atoms with Gasteiger partial charge in [0.2, 0.25) is 0 Å². The zero-order valence-electron chi connectivity index (χ0n) is 9.21. The lowest BCUT2D eigenvalue weighted by Gasteiger charge is -2.06. The van der Waals surface area contributed by atoms with Crippen molar-refractivity contribution in [1.29, 1.82) is 0 Å². The number of carboxylic acids is 1. The molecule has 0 amide bonds. The van der Waals surface area contributed by atoms with Gasteiger partial charge in [0.25, 0.3) is 5.56 Å². The topological polar surface area (TPSA) is 72.2 Å². The van der Waals surface area contributed by atoms with Crippen LogP contribution >= 0.6 is 15.9 Å². The zero-order chi connectivity index (χ0) is 13.1. The monoisotopic (exact) mass is 308 g/mol. The number of nitrogens with zero attached hydrogens (tertiary/aromatic N) is 2. The first-order valence-corrected chi connectivity index (χ1v) is 5.91. The van der Waals surface area contributed by atoms with Crippen molar-refractivity contribution in [3.05, 3.63) is 62.7 Å². The van der Waals surface area contributed by atoms with Crippen LogP contribution in [0, 0.1) is 0 Å². The van der Waals surface area contributed by atoms with Gasteiger partial charge in [-0.15, -0.1) is 0 Å². The Bertz CT molecular complexity index is 652. The Labute approximate surface area is 111 Å². The molecule has 0 unspecified atom stereocenters. The third kappa shape index (κ3) is 2.84. The second kappa shape index (κ2) is 5.14. The first-order chi connectivity index (χ1) is 8.56. The second-order valence-electron chi connectivity index (χ2n) is 3.63. The molecule has 5 nitrogen and oxygen atoms in total. The summed E-state index contributed by atoms with van der Waals surface area (Å²) in [6.45, 7) is 0.236. The average Bonchev–Trinajstić information content (AvgIpc) is 2.34. The Hall–Kier alpha value is -1.95. The van der Waals surface area contributed by atoms with E-state index < -0.39 is 5.97 Å². The van der Waals surface area contributed by atoms with Crippen LogP contribution in [-0.4, -0.2) is 20.6 Å². The predicted molar refractivity (Wildman–Crippen MR) is 68.7 cm³/mol. The molecule has 0 spiro atoms. The molecule has 0 fully saturated rings. The van der Waals surface area contributed by atoms with Gasteiger partial charge in [-0.3, -0.25) is 4.79 Å². The Balaban J connectivity index is 2.34. The summed E-state index contributed by atoms with van der Waals surface area (Å²) in [5.41, 5.74) is 0.325. The summed E-state index contributed by atoms with van der Waals surface area (Å²) in [6, 6.07) is 7.79. The molecule has 0 saturated heterocycles. The SMILES string of the molecule is O=C(O)c1cccc(Cn2cc(Br)ccc2=O)n1. The smallest absolute Gasteiger partial charge is 0.354 e. The lowest BCUT2D eigenvalue weighted by Crippen LogP contribution is -2.19. The maximum absolute atomic E-state index is 11.6. The second-order valence-corrected chi connectivity index (χ2v) is 4.55. The third-order valence-electron chi connectivity index (χ3n) is 2.31. The maximum atomic E-state index is 11.6. The molecule has 1 N–H and O–H groups in total. The lowest BCUT2D eigenvalue weighted by molar-refractivity contribution is 0.0690. The quantitative estimate of drug-likeness (QED) is 0.937. The van der Waals surface area contributed by atoms with Crippen molar-refractivity contribution >= 4 is 21.9 Å². The van der Waals surface area contributed by atoms with Crippen LogP contribution in [0.15, 0.2) is 45.8 Å². The summed E-state index contributed by atoms with van der Waals surface area (Å²) < 4.78 is 2.23. The maximum Gasteiger partial charge on any atom is 0.354 e. The van der Waals surface area contributed by atoms with Crippen molar-refractivity contribution in [3.63, 3.8) is 0 Å². The number of hydrogen-bond donors (Lipinski definition) is 1. The van der Waals surface area contributed by atoms with Crippen LogP contribution in [0.2, 0.25) is 0 Å². The van der Waals surface area contributed by atoms with E-state index in [2.05, 4.69) is 20.9 Å². The summed E-state index contributed by atoms with van der Waals surface area (Å²) in [5, 5.41) is 8.84. The molecular weight excluding hydrogens is 300 g/mol. The van der Waals surface area contributed by atoms with Gasteiger partial charge in [0, 0.05) is 16.7 Å². The van der Waals surface area contributed by atoms with E-state index in [0.717, 1.165) is 4.47 Å². The van der Waals surface area contributed by atoms with E-state index in [-0.39, 0.29) is 17.8 Å². The molecule has 0 aromatic carbocycles. The minimum Gasteiger partial charge on any atom is -0.477 e. The standard InChI is InChI=1S/C12H9BrN2O3/c13-8-4-5-11(16)15(6-8)7-9-2-1-3-10(14-9)12(17)18/h1-6H,7H2,(H,17,18). The highest BCUT2D eigenvalue weighted by molar-refractivity contribution is 9.10. The minimum atomic E-state index is -1.08. The fraction of sp³-hybridized carbons (Fsp3) is 0.0833. The molecule has 0 saturated carbocycles. The highest BCUT2D eigenvalue weighted by Gasteiger charge is 2.06. The number of halogens is 1. The number of carboxylic acid groups (broad SMARTS) is 1. The van der Waals surface area contributed by atoms with Crippen LogP contribution < -0.4 is 5.56 Å². The Morgan fingerprint density at radius 1 is 1.33 bits per heavy atom. The normalized spacial score (nSPS) is 10.3. The van der Waals surface area contributed by atoms with Crippen molar-refractivity contribution in [2.45, 2.75) is 6.54 Å². The first-order valence-electron chi connectivity index (χ1n) is 5.11. The average molecular weight is 309 g/mol. The Morgan fingerprint density at radius 3 is 2.83 bits per heavy atom. The van der Waals surface area contributed by atoms with Crippen LogP contribution in [0.25, 0.3) is 0 Å². The van der Waals surface area contributed by atoms with Gasteiger partial charge < -0.3 is 9.67 Å². The lowest BCUT2D eigenvalue weighted by atomic mass is 10.3. The van der Waals surface area contributed by atoms with Crippen LogP contribution in [0.5, 0.6) is 0 Å². The molecule has 2 heterocycles. The van der Waals surface area contributed by atoms with Gasteiger partial charge in [-0.2, -0.15) is 0 Å². The molecule has 0 atom stereocenters. The predicted octanol–water partition coefficient (Wildman–Crippen LogP) is 1.75. The Kier molecular flexibility index (Phi) is 3.57. The number of carbonyl (C=O) groups is 1. The summed E-state index contributed by atoms with van der Waals surface area (Å²) in [4.78, 5) is 26.3. The van der Waals surface area contributed by atoms with Crippen molar-refractivity contribution in [2.75, 3.05) is 0 Å². The fourth-order valence-corrected chi connectivity index (χ4v) is 1.87. The number of rotatable bonds is 3. The van der Waals surface area contributed by atoms with E-state index in [9.17, 15) is 9.59 Å². The van der Waals surface area contributed by atoms with Crippen molar-refractivity contribution in [3.8, 4) is 0 Å². The number of aromatic nitrogens is 2. The molecule has 0 aliphatic heterocycles. The molecule has 2 aromatic rings. The number of pyridine rings is 2. The van der Waals surface area contributed by atoms with Crippen molar-refractivity contribution in [2.24, 2.45) is 0 Å². The van der Waals surface area contributed by atoms with Crippen molar-refractivity contribution in [1.82, 2.24) is 9.55 Å². The van der Waals surface area contributed by atoms with Gasteiger partial charge in [-0.05, 0) is 34.1 Å². The van der Waals surface area contributed by atoms with Gasteiger partial charge in [0.1, 0.15) is 5.69 Å². The summed E-state index contributed by atoms with van der Waals surface area (Å²) in [5.74, 6) is -1.08. The molecule has 2 rings (SSSR count). The van der Waals surface area contributed by atoms with E-state index in [4.69, 9.17) is 5.11 Å². The van der Waals surface area contributed by atoms with E-state index in [1.54, 1.807) is 24.4 Å². The van der Waals surface area contributed by atoms with Gasteiger partial charge >= 0.3 is 5.97 Å². The molecule has 18 heavy (non-hydrogen) atoms. The molecule has 0 radical (unpaired) electrons. The van der Waals surface area contributed by atoms with Crippen LogP contribution in [-0.2, 0) is 6.54 Å². The van der Waals surface area contributed by atoms with Crippen LogP contribution in [0.3, 0.4) is 0 Å². The van der Waals surface area contributed by atoms with E-state index >= 15 is 0 Å². The molecule has 0 bridgehead atoms. The molecular formula is C12H9BrN2O3. The fourth-order valence-electron chi connectivity index (χ4n) is 1.49. The molecule has 0 aliphatic rings. The minimum absolute atomic E-state index is 0.0319. The molecule has 6 heteroatoms. The largest absolute Gasteiger partial charge is 0.477 e. The highest BCUT2D eigenvalue weighted by atomic mass is 79.9. The third-order valence-corrected chi connectivity index (χ3v) is 2.77. The Morgan fingerprint density at radius 2 is 2.11 bits per heavy atom. The zero-order valence-corrected chi connectivity index (χ0v) is 10.8. The van der Waals surface area contributed by atoms with E-state index in [0.29, 0.717) is 5.69 Å². The number of hydrogen-bond acceptors (Lipinski definition) is 3. The van der Waals surface area contributed by atoms with Gasteiger partial charge in [-0.1, -0.05) is 6.07 Å².